The Labute approximate surface area is 131 Å². The zero-order valence-corrected chi connectivity index (χ0v) is 12.6. The van der Waals surface area contributed by atoms with Crippen LogP contribution in [0.2, 0.25) is 15.1 Å². The van der Waals surface area contributed by atoms with Gasteiger partial charge in [0.1, 0.15) is 5.58 Å². The second-order valence-electron chi connectivity index (χ2n) is 4.36. The SMILES string of the molecule is Clc1cc(Cl)c(NCc2coc3ccccc23)c(Cl)c1. The predicted molar refractivity (Wildman–Crippen MR) is 85.0 cm³/mol. The van der Waals surface area contributed by atoms with Crippen LogP contribution in [0, 0.1) is 0 Å². The van der Waals surface area contributed by atoms with E-state index in [0.29, 0.717) is 27.3 Å². The summed E-state index contributed by atoms with van der Waals surface area (Å²) in [6.45, 7) is 0.568. The van der Waals surface area contributed by atoms with Gasteiger partial charge in [0.25, 0.3) is 0 Å². The summed E-state index contributed by atoms with van der Waals surface area (Å²) in [5.41, 5.74) is 2.57. The molecule has 0 unspecified atom stereocenters. The third-order valence-electron chi connectivity index (χ3n) is 3.02. The molecule has 1 heterocycles. The molecule has 0 radical (unpaired) electrons. The number of fused-ring (bicyclic) bond motifs is 1. The number of hydrogen-bond acceptors (Lipinski definition) is 2. The maximum atomic E-state index is 6.14. The Morgan fingerprint density at radius 1 is 1.00 bits per heavy atom. The summed E-state index contributed by atoms with van der Waals surface area (Å²) in [7, 11) is 0. The maximum Gasteiger partial charge on any atom is 0.134 e. The Morgan fingerprint density at radius 2 is 1.70 bits per heavy atom. The van der Waals surface area contributed by atoms with Crippen molar-refractivity contribution in [1.29, 1.82) is 0 Å². The van der Waals surface area contributed by atoms with E-state index >= 15 is 0 Å². The van der Waals surface area contributed by atoms with Crippen molar-refractivity contribution in [3.8, 4) is 0 Å². The van der Waals surface area contributed by atoms with E-state index in [2.05, 4.69) is 5.32 Å². The maximum absolute atomic E-state index is 6.14. The fourth-order valence-electron chi connectivity index (χ4n) is 2.06. The number of halogens is 3. The van der Waals surface area contributed by atoms with Crippen LogP contribution in [0.4, 0.5) is 5.69 Å². The fourth-order valence-corrected chi connectivity index (χ4v) is 3.01. The highest BCUT2D eigenvalue weighted by atomic mass is 35.5. The number of benzene rings is 2. The fraction of sp³-hybridized carbons (Fsp3) is 0.0667. The Morgan fingerprint density at radius 3 is 2.45 bits per heavy atom. The number of nitrogens with one attached hydrogen (secondary N) is 1. The number of hydrogen-bond donors (Lipinski definition) is 1. The van der Waals surface area contributed by atoms with Crippen LogP contribution in [0.3, 0.4) is 0 Å². The lowest BCUT2D eigenvalue weighted by Gasteiger charge is -2.10. The van der Waals surface area contributed by atoms with Crippen LogP contribution in [-0.4, -0.2) is 0 Å². The first kappa shape index (κ1) is 13.6. The summed E-state index contributed by atoms with van der Waals surface area (Å²) in [4.78, 5) is 0. The van der Waals surface area contributed by atoms with Crippen molar-refractivity contribution in [3.63, 3.8) is 0 Å². The van der Waals surface area contributed by atoms with E-state index in [1.165, 1.54) is 0 Å². The van der Waals surface area contributed by atoms with Crippen LogP contribution in [0.25, 0.3) is 11.0 Å². The lowest BCUT2D eigenvalue weighted by molar-refractivity contribution is 0.611. The molecule has 3 rings (SSSR count). The van der Waals surface area contributed by atoms with Crippen molar-refractivity contribution < 1.29 is 4.42 Å². The minimum atomic E-state index is 0.496. The molecule has 0 bridgehead atoms. The highest BCUT2D eigenvalue weighted by molar-refractivity contribution is 6.41. The molecule has 20 heavy (non-hydrogen) atoms. The molecule has 1 aromatic heterocycles. The van der Waals surface area contributed by atoms with Crippen LogP contribution in [0.15, 0.2) is 47.1 Å². The minimum absolute atomic E-state index is 0.496. The van der Waals surface area contributed by atoms with Crippen molar-refractivity contribution >= 4 is 51.5 Å². The van der Waals surface area contributed by atoms with Gasteiger partial charge in [-0.2, -0.15) is 0 Å². The topological polar surface area (TPSA) is 25.2 Å². The highest BCUT2D eigenvalue weighted by Gasteiger charge is 2.09. The normalized spacial score (nSPS) is 10.9. The molecular weight excluding hydrogens is 317 g/mol. The molecule has 0 atom stereocenters. The zero-order valence-electron chi connectivity index (χ0n) is 10.3. The third-order valence-corrected chi connectivity index (χ3v) is 3.84. The Hall–Kier alpha value is -1.35. The molecule has 0 saturated heterocycles. The number of furan rings is 1. The average Bonchev–Trinajstić information content (AvgIpc) is 2.81. The monoisotopic (exact) mass is 325 g/mol. The average molecular weight is 327 g/mol. The largest absolute Gasteiger partial charge is 0.464 e. The van der Waals surface area contributed by atoms with E-state index in [-0.39, 0.29) is 0 Å². The van der Waals surface area contributed by atoms with E-state index in [9.17, 15) is 0 Å². The van der Waals surface area contributed by atoms with Crippen LogP contribution >= 0.6 is 34.8 Å². The molecule has 3 aromatic rings. The molecule has 0 fully saturated rings. The second kappa shape index (κ2) is 5.57. The molecule has 0 spiro atoms. The van der Waals surface area contributed by atoms with Crippen LogP contribution in [-0.2, 0) is 6.54 Å². The van der Waals surface area contributed by atoms with Gasteiger partial charge in [-0.25, -0.2) is 0 Å². The van der Waals surface area contributed by atoms with Crippen molar-refractivity contribution in [1.82, 2.24) is 0 Å². The Bertz CT molecular complexity index is 744. The molecule has 1 N–H and O–H groups in total. The zero-order chi connectivity index (χ0) is 14.1. The summed E-state index contributed by atoms with van der Waals surface area (Å²) in [6.07, 6.45) is 1.73. The molecule has 0 aliphatic heterocycles. The Balaban J connectivity index is 1.87. The lowest BCUT2D eigenvalue weighted by atomic mass is 10.2. The van der Waals surface area contributed by atoms with Gasteiger partial charge in [-0.3, -0.25) is 0 Å². The van der Waals surface area contributed by atoms with Gasteiger partial charge in [0, 0.05) is 22.5 Å². The van der Waals surface area contributed by atoms with Gasteiger partial charge in [-0.1, -0.05) is 53.0 Å². The second-order valence-corrected chi connectivity index (χ2v) is 5.61. The summed E-state index contributed by atoms with van der Waals surface area (Å²) in [5, 5.41) is 5.80. The molecular formula is C15H10Cl3NO. The van der Waals surface area contributed by atoms with Crippen LogP contribution in [0.5, 0.6) is 0 Å². The van der Waals surface area contributed by atoms with Crippen molar-refractivity contribution in [2.75, 3.05) is 5.32 Å². The first-order valence-corrected chi connectivity index (χ1v) is 7.12. The first-order valence-electron chi connectivity index (χ1n) is 5.98. The third kappa shape index (κ3) is 2.59. The lowest BCUT2D eigenvalue weighted by Crippen LogP contribution is -2.00. The molecule has 5 heteroatoms. The van der Waals surface area contributed by atoms with Crippen LogP contribution < -0.4 is 5.32 Å². The van der Waals surface area contributed by atoms with Gasteiger partial charge in [-0.05, 0) is 18.2 Å². The van der Waals surface area contributed by atoms with E-state index in [1.54, 1.807) is 18.4 Å². The molecule has 102 valence electrons. The van der Waals surface area contributed by atoms with Crippen molar-refractivity contribution in [3.05, 3.63) is 63.3 Å². The van der Waals surface area contributed by atoms with E-state index < -0.39 is 0 Å². The smallest absolute Gasteiger partial charge is 0.134 e. The van der Waals surface area contributed by atoms with Gasteiger partial charge >= 0.3 is 0 Å². The number of anilines is 1. The molecule has 2 nitrogen and oxygen atoms in total. The number of rotatable bonds is 3. The van der Waals surface area contributed by atoms with Gasteiger partial charge in [0.2, 0.25) is 0 Å². The van der Waals surface area contributed by atoms with Crippen molar-refractivity contribution in [2.24, 2.45) is 0 Å². The molecule has 0 aliphatic carbocycles. The molecule has 0 amide bonds. The highest BCUT2D eigenvalue weighted by Crippen LogP contribution is 2.34. The molecule has 0 saturated carbocycles. The van der Waals surface area contributed by atoms with Gasteiger partial charge in [-0.15, -0.1) is 0 Å². The van der Waals surface area contributed by atoms with Gasteiger partial charge in [0.05, 0.1) is 22.0 Å². The summed E-state index contributed by atoms with van der Waals surface area (Å²) in [6, 6.07) is 11.2. The summed E-state index contributed by atoms with van der Waals surface area (Å²) in [5.74, 6) is 0. The number of para-hydroxylation sites is 1. The van der Waals surface area contributed by atoms with Gasteiger partial charge < -0.3 is 9.73 Å². The standard InChI is InChI=1S/C15H10Cl3NO/c16-10-5-12(17)15(13(18)6-10)19-7-9-8-20-14-4-2-1-3-11(9)14/h1-6,8,19H,7H2. The summed E-state index contributed by atoms with van der Waals surface area (Å²) < 4.78 is 5.49. The van der Waals surface area contributed by atoms with Crippen LogP contribution in [0.1, 0.15) is 5.56 Å². The quantitative estimate of drug-likeness (QED) is 0.638. The molecule has 2 aromatic carbocycles. The van der Waals surface area contributed by atoms with E-state index in [0.717, 1.165) is 16.5 Å². The summed E-state index contributed by atoms with van der Waals surface area (Å²) >= 11 is 18.2. The van der Waals surface area contributed by atoms with E-state index in [4.69, 9.17) is 39.2 Å². The molecule has 0 aliphatic rings. The van der Waals surface area contributed by atoms with Gasteiger partial charge in [0.15, 0.2) is 0 Å². The van der Waals surface area contributed by atoms with Crippen molar-refractivity contribution in [2.45, 2.75) is 6.54 Å². The Kier molecular flexibility index (Phi) is 3.79. The van der Waals surface area contributed by atoms with E-state index in [1.807, 2.05) is 24.3 Å². The minimum Gasteiger partial charge on any atom is -0.464 e. The first-order chi connectivity index (χ1) is 9.65. The predicted octanol–water partition coefficient (Wildman–Crippen LogP) is 6.01.